The molecule has 0 saturated heterocycles. The number of halogens is 2. The lowest BCUT2D eigenvalue weighted by Crippen LogP contribution is -2.31. The van der Waals surface area contributed by atoms with Crippen molar-refractivity contribution in [1.82, 2.24) is 20.2 Å². The molecule has 0 unspecified atom stereocenters. The number of tetrazole rings is 1. The van der Waals surface area contributed by atoms with Gasteiger partial charge in [-0.15, -0.1) is 5.10 Å². The average molecular weight is 372 g/mol. The van der Waals surface area contributed by atoms with Crippen LogP contribution in [0.2, 0.25) is 0 Å². The van der Waals surface area contributed by atoms with Crippen molar-refractivity contribution in [2.75, 3.05) is 5.32 Å². The molecule has 1 aromatic carbocycles. The molecule has 0 aliphatic carbocycles. The van der Waals surface area contributed by atoms with E-state index in [0.29, 0.717) is 4.47 Å². The fourth-order valence-electron chi connectivity index (χ4n) is 1.50. The molecule has 22 heavy (non-hydrogen) atoms. The highest BCUT2D eigenvalue weighted by Crippen LogP contribution is 2.19. The molecule has 0 saturated carbocycles. The zero-order valence-electron chi connectivity index (χ0n) is 11.4. The highest BCUT2D eigenvalue weighted by molar-refractivity contribution is 9.10. The number of hydrogen-bond donors (Lipinski definition) is 1. The maximum atomic E-state index is 13.6. The van der Waals surface area contributed by atoms with Crippen LogP contribution in [0.3, 0.4) is 0 Å². The molecule has 2 rings (SSSR count). The lowest BCUT2D eigenvalue weighted by Gasteiger charge is -2.13. The standard InChI is InChI=1S/C12H11BrFN5O3/c1-7(22-11(20)5-19-6-15-17-18-19)12(21)16-10-3-2-8(13)4-9(10)14/h2-4,6-7H,5H2,1H3,(H,16,21)/t7-/m1/s1. The molecule has 1 atom stereocenters. The van der Waals surface area contributed by atoms with E-state index in [1.807, 2.05) is 0 Å². The summed E-state index contributed by atoms with van der Waals surface area (Å²) in [6, 6.07) is 4.18. The monoisotopic (exact) mass is 371 g/mol. The molecule has 2 aromatic rings. The molecule has 0 spiro atoms. The van der Waals surface area contributed by atoms with Gasteiger partial charge in [0.15, 0.2) is 6.10 Å². The van der Waals surface area contributed by atoms with E-state index in [9.17, 15) is 14.0 Å². The summed E-state index contributed by atoms with van der Waals surface area (Å²) in [6.45, 7) is 1.15. The van der Waals surface area contributed by atoms with Gasteiger partial charge in [0, 0.05) is 4.47 Å². The molecule has 1 N–H and O–H groups in total. The number of esters is 1. The third kappa shape index (κ3) is 4.32. The number of nitrogens with one attached hydrogen (secondary N) is 1. The molecule has 0 aliphatic rings. The number of hydrogen-bond acceptors (Lipinski definition) is 6. The molecule has 8 nitrogen and oxygen atoms in total. The highest BCUT2D eigenvalue weighted by atomic mass is 79.9. The Labute approximate surface area is 132 Å². The number of nitrogens with zero attached hydrogens (tertiary/aromatic N) is 4. The minimum Gasteiger partial charge on any atom is -0.451 e. The number of benzene rings is 1. The van der Waals surface area contributed by atoms with Crippen molar-refractivity contribution in [1.29, 1.82) is 0 Å². The van der Waals surface area contributed by atoms with Crippen LogP contribution in [-0.4, -0.2) is 38.2 Å². The fourth-order valence-corrected chi connectivity index (χ4v) is 1.83. The van der Waals surface area contributed by atoms with Crippen LogP contribution in [0.25, 0.3) is 0 Å². The molecule has 0 aliphatic heterocycles. The van der Waals surface area contributed by atoms with Gasteiger partial charge in [0.1, 0.15) is 18.7 Å². The molecule has 0 radical (unpaired) electrons. The van der Waals surface area contributed by atoms with E-state index in [0.717, 1.165) is 4.68 Å². The quantitative estimate of drug-likeness (QED) is 0.791. The molecule has 0 fully saturated rings. The van der Waals surface area contributed by atoms with E-state index in [1.165, 1.54) is 25.4 Å². The zero-order chi connectivity index (χ0) is 16.1. The van der Waals surface area contributed by atoms with Crippen molar-refractivity contribution in [3.8, 4) is 0 Å². The smallest absolute Gasteiger partial charge is 0.328 e. The summed E-state index contributed by atoms with van der Waals surface area (Å²) >= 11 is 3.11. The fraction of sp³-hybridized carbons (Fsp3) is 0.250. The van der Waals surface area contributed by atoms with E-state index in [1.54, 1.807) is 6.07 Å². The van der Waals surface area contributed by atoms with Crippen molar-refractivity contribution >= 4 is 33.5 Å². The molecular weight excluding hydrogens is 361 g/mol. The summed E-state index contributed by atoms with van der Waals surface area (Å²) in [5, 5.41) is 12.6. The first kappa shape index (κ1) is 16.0. The van der Waals surface area contributed by atoms with Crippen LogP contribution in [0.1, 0.15) is 6.92 Å². The van der Waals surface area contributed by atoms with Crippen molar-refractivity contribution < 1.29 is 18.7 Å². The average Bonchev–Trinajstić information content (AvgIpc) is 2.94. The summed E-state index contributed by atoms with van der Waals surface area (Å²) < 4.78 is 20.2. The van der Waals surface area contributed by atoms with Crippen LogP contribution in [-0.2, 0) is 20.9 Å². The highest BCUT2D eigenvalue weighted by Gasteiger charge is 2.19. The summed E-state index contributed by atoms with van der Waals surface area (Å²) in [5.74, 6) is -1.94. The second-order valence-corrected chi connectivity index (χ2v) is 5.17. The van der Waals surface area contributed by atoms with Gasteiger partial charge >= 0.3 is 5.97 Å². The SMILES string of the molecule is C[C@@H](OC(=O)Cn1cnnn1)C(=O)Nc1ccc(Br)cc1F. The second-order valence-electron chi connectivity index (χ2n) is 4.25. The Morgan fingerprint density at radius 1 is 1.50 bits per heavy atom. The topological polar surface area (TPSA) is 99.0 Å². The van der Waals surface area contributed by atoms with Gasteiger partial charge < -0.3 is 10.1 Å². The maximum absolute atomic E-state index is 13.6. The number of amides is 1. The summed E-state index contributed by atoms with van der Waals surface area (Å²) in [5.41, 5.74) is -0.00317. The number of ether oxygens (including phenoxy) is 1. The molecule has 1 heterocycles. The van der Waals surface area contributed by atoms with Gasteiger partial charge in [0.25, 0.3) is 5.91 Å². The number of rotatable bonds is 5. The molecule has 0 bridgehead atoms. The lowest BCUT2D eigenvalue weighted by atomic mass is 10.3. The van der Waals surface area contributed by atoms with E-state index < -0.39 is 23.8 Å². The van der Waals surface area contributed by atoms with Crippen molar-refractivity contribution in [2.24, 2.45) is 0 Å². The molecule has 1 aromatic heterocycles. The van der Waals surface area contributed by atoms with Crippen LogP contribution >= 0.6 is 15.9 Å². The Morgan fingerprint density at radius 3 is 2.91 bits per heavy atom. The van der Waals surface area contributed by atoms with Gasteiger partial charge in [0.2, 0.25) is 0 Å². The van der Waals surface area contributed by atoms with Crippen molar-refractivity contribution in [2.45, 2.75) is 19.6 Å². The van der Waals surface area contributed by atoms with Gasteiger partial charge in [-0.2, -0.15) is 0 Å². The Kier molecular flexibility index (Phi) is 5.15. The number of aromatic nitrogens is 4. The van der Waals surface area contributed by atoms with Crippen LogP contribution in [0.5, 0.6) is 0 Å². The number of anilines is 1. The molecule has 116 valence electrons. The minimum atomic E-state index is -1.09. The first-order chi connectivity index (χ1) is 10.5. The van der Waals surface area contributed by atoms with Crippen molar-refractivity contribution in [3.05, 3.63) is 34.8 Å². The van der Waals surface area contributed by atoms with Crippen LogP contribution in [0, 0.1) is 5.82 Å². The first-order valence-electron chi connectivity index (χ1n) is 6.12. The number of carbonyl (C=O) groups excluding carboxylic acids is 2. The Morgan fingerprint density at radius 2 is 2.27 bits per heavy atom. The van der Waals surface area contributed by atoms with E-state index in [-0.39, 0.29) is 12.2 Å². The van der Waals surface area contributed by atoms with E-state index in [4.69, 9.17) is 4.74 Å². The maximum Gasteiger partial charge on any atom is 0.328 e. The Hall–Kier alpha value is -2.36. The third-order valence-corrected chi connectivity index (χ3v) is 3.04. The number of carbonyl (C=O) groups is 2. The van der Waals surface area contributed by atoms with Gasteiger partial charge in [-0.1, -0.05) is 15.9 Å². The predicted octanol–water partition coefficient (Wildman–Crippen LogP) is 1.15. The van der Waals surface area contributed by atoms with E-state index in [2.05, 4.69) is 36.8 Å². The normalized spacial score (nSPS) is 11.8. The minimum absolute atomic E-state index is 0.00317. The van der Waals surface area contributed by atoms with E-state index >= 15 is 0 Å². The predicted molar refractivity (Wildman–Crippen MR) is 76.1 cm³/mol. The molecule has 10 heteroatoms. The van der Waals surface area contributed by atoms with Crippen LogP contribution in [0.4, 0.5) is 10.1 Å². The Bertz CT molecular complexity index is 679. The van der Waals surface area contributed by atoms with Crippen LogP contribution < -0.4 is 5.32 Å². The van der Waals surface area contributed by atoms with Gasteiger partial charge in [-0.25, -0.2) is 9.07 Å². The summed E-state index contributed by atoms with van der Waals surface area (Å²) in [6.07, 6.45) is 0.149. The van der Waals surface area contributed by atoms with Crippen molar-refractivity contribution in [3.63, 3.8) is 0 Å². The van der Waals surface area contributed by atoms with Gasteiger partial charge in [-0.3, -0.25) is 9.59 Å². The zero-order valence-corrected chi connectivity index (χ0v) is 12.9. The summed E-state index contributed by atoms with van der Waals surface area (Å²) in [4.78, 5) is 23.5. The largest absolute Gasteiger partial charge is 0.451 e. The summed E-state index contributed by atoms with van der Waals surface area (Å²) in [7, 11) is 0. The van der Waals surface area contributed by atoms with Crippen LogP contribution in [0.15, 0.2) is 29.0 Å². The lowest BCUT2D eigenvalue weighted by molar-refractivity contribution is -0.153. The van der Waals surface area contributed by atoms with Gasteiger partial charge in [-0.05, 0) is 35.5 Å². The molecular formula is C12H11BrFN5O3. The second kappa shape index (κ2) is 7.07. The first-order valence-corrected chi connectivity index (χ1v) is 6.91. The van der Waals surface area contributed by atoms with Gasteiger partial charge in [0.05, 0.1) is 5.69 Å². The third-order valence-electron chi connectivity index (χ3n) is 2.55. The molecule has 1 amide bonds. The Balaban J connectivity index is 1.90.